The molecule has 0 aromatic carbocycles. The molecule has 162 valence electrons. The Morgan fingerprint density at radius 1 is 1.27 bits per heavy atom. The van der Waals surface area contributed by atoms with E-state index in [-0.39, 0.29) is 30.5 Å². The number of esters is 1. The van der Waals surface area contributed by atoms with E-state index in [0.717, 1.165) is 18.5 Å². The highest BCUT2D eigenvalue weighted by Gasteiger charge is 2.25. The van der Waals surface area contributed by atoms with Crippen molar-refractivity contribution in [3.05, 3.63) is 23.5 Å². The first-order valence-electron chi connectivity index (χ1n) is 10.3. The van der Waals surface area contributed by atoms with E-state index in [2.05, 4.69) is 15.4 Å². The molecule has 30 heavy (non-hydrogen) atoms. The standard InChI is InChI=1S/C21H29N5O4/c1-12(2)17-8-15(16-9-22-26(13(3)4)20(16)24-17)21(29)30-11-19(28)25(5)10-18(27)23-14-6-7-14/h8-9,12-14H,6-7,10-11H2,1-5H3,(H,23,27). The lowest BCUT2D eigenvalue weighted by atomic mass is 10.1. The molecule has 1 aliphatic carbocycles. The van der Waals surface area contributed by atoms with Gasteiger partial charge in [-0.2, -0.15) is 5.10 Å². The number of nitrogens with zero attached hydrogens (tertiary/aromatic N) is 4. The van der Waals surface area contributed by atoms with Gasteiger partial charge in [-0.1, -0.05) is 13.8 Å². The molecule has 1 aliphatic rings. The number of pyridine rings is 1. The van der Waals surface area contributed by atoms with Crippen molar-refractivity contribution in [1.29, 1.82) is 0 Å². The third kappa shape index (κ3) is 4.95. The van der Waals surface area contributed by atoms with Crippen molar-refractivity contribution in [3.8, 4) is 0 Å². The van der Waals surface area contributed by atoms with Gasteiger partial charge in [-0.3, -0.25) is 9.59 Å². The summed E-state index contributed by atoms with van der Waals surface area (Å²) < 4.78 is 7.03. The monoisotopic (exact) mass is 415 g/mol. The van der Waals surface area contributed by atoms with E-state index >= 15 is 0 Å². The van der Waals surface area contributed by atoms with Crippen LogP contribution < -0.4 is 5.32 Å². The zero-order valence-corrected chi connectivity index (χ0v) is 18.1. The summed E-state index contributed by atoms with van der Waals surface area (Å²) in [6.45, 7) is 7.45. The molecule has 9 nitrogen and oxygen atoms in total. The maximum atomic E-state index is 12.8. The lowest BCUT2D eigenvalue weighted by molar-refractivity contribution is -0.137. The summed E-state index contributed by atoms with van der Waals surface area (Å²) >= 11 is 0. The van der Waals surface area contributed by atoms with Gasteiger partial charge >= 0.3 is 5.97 Å². The Kier molecular flexibility index (Phi) is 6.38. The van der Waals surface area contributed by atoms with Crippen molar-refractivity contribution in [3.63, 3.8) is 0 Å². The quantitative estimate of drug-likeness (QED) is 0.661. The predicted octanol–water partition coefficient (Wildman–Crippen LogP) is 2.03. The number of fused-ring (bicyclic) bond motifs is 1. The number of likely N-dealkylation sites (N-methyl/N-ethyl adjacent to an activating group) is 1. The maximum Gasteiger partial charge on any atom is 0.339 e. The van der Waals surface area contributed by atoms with Crippen molar-refractivity contribution in [2.24, 2.45) is 0 Å². The molecule has 9 heteroatoms. The highest BCUT2D eigenvalue weighted by molar-refractivity contribution is 6.03. The minimum absolute atomic E-state index is 0.0644. The second-order valence-electron chi connectivity index (χ2n) is 8.34. The molecule has 0 radical (unpaired) electrons. The number of aromatic nitrogens is 3. The van der Waals surface area contributed by atoms with Crippen molar-refractivity contribution in [2.75, 3.05) is 20.2 Å². The fraction of sp³-hybridized carbons (Fsp3) is 0.571. The Bertz CT molecular complexity index is 962. The van der Waals surface area contributed by atoms with Gasteiger partial charge in [-0.15, -0.1) is 0 Å². The Hall–Kier alpha value is -2.97. The Labute approximate surface area is 175 Å². The number of hydrogen-bond acceptors (Lipinski definition) is 6. The van der Waals surface area contributed by atoms with Crippen LogP contribution in [0.3, 0.4) is 0 Å². The van der Waals surface area contributed by atoms with Gasteiger partial charge in [0.15, 0.2) is 12.3 Å². The van der Waals surface area contributed by atoms with Gasteiger partial charge in [0, 0.05) is 24.8 Å². The molecule has 0 bridgehead atoms. The van der Waals surface area contributed by atoms with Crippen LogP contribution in [0.2, 0.25) is 0 Å². The van der Waals surface area contributed by atoms with Crippen LogP contribution in [0, 0.1) is 0 Å². The normalized spacial score (nSPS) is 13.7. The minimum atomic E-state index is -0.614. The molecule has 0 spiro atoms. The van der Waals surface area contributed by atoms with E-state index in [1.165, 1.54) is 11.9 Å². The first-order valence-corrected chi connectivity index (χ1v) is 10.3. The molecule has 2 aromatic rings. The van der Waals surface area contributed by atoms with Crippen molar-refractivity contribution < 1.29 is 19.1 Å². The number of nitrogens with one attached hydrogen (secondary N) is 1. The van der Waals surface area contributed by atoms with E-state index in [9.17, 15) is 14.4 Å². The summed E-state index contributed by atoms with van der Waals surface area (Å²) in [6.07, 6.45) is 3.56. The first-order chi connectivity index (χ1) is 14.2. The molecule has 0 aliphatic heterocycles. The second-order valence-corrected chi connectivity index (χ2v) is 8.34. The molecular formula is C21H29N5O4. The van der Waals surface area contributed by atoms with Gasteiger partial charge in [0.25, 0.3) is 5.91 Å². The highest BCUT2D eigenvalue weighted by atomic mass is 16.5. The molecule has 1 N–H and O–H groups in total. The molecule has 2 aromatic heterocycles. The number of rotatable bonds is 8. The summed E-state index contributed by atoms with van der Waals surface area (Å²) in [5.74, 6) is -1.16. The average Bonchev–Trinajstić information content (AvgIpc) is 3.38. The van der Waals surface area contributed by atoms with Gasteiger partial charge in [0.05, 0.1) is 23.7 Å². The largest absolute Gasteiger partial charge is 0.452 e. The fourth-order valence-electron chi connectivity index (χ4n) is 3.00. The summed E-state index contributed by atoms with van der Waals surface area (Å²) in [4.78, 5) is 42.8. The first kappa shape index (κ1) is 21.7. The van der Waals surface area contributed by atoms with Crippen LogP contribution >= 0.6 is 0 Å². The number of hydrogen-bond donors (Lipinski definition) is 1. The topological polar surface area (TPSA) is 106 Å². The molecule has 2 heterocycles. The van der Waals surface area contributed by atoms with Gasteiger partial charge in [-0.25, -0.2) is 14.5 Å². The van der Waals surface area contributed by atoms with E-state index in [4.69, 9.17) is 4.74 Å². The van der Waals surface area contributed by atoms with E-state index < -0.39 is 18.5 Å². The summed E-state index contributed by atoms with van der Waals surface area (Å²) in [7, 11) is 1.51. The second kappa shape index (κ2) is 8.81. The van der Waals surface area contributed by atoms with Crippen LogP contribution in [0.5, 0.6) is 0 Å². The maximum absolute atomic E-state index is 12.8. The number of ether oxygens (including phenoxy) is 1. The third-order valence-corrected chi connectivity index (χ3v) is 4.96. The zero-order valence-electron chi connectivity index (χ0n) is 18.1. The molecule has 0 atom stereocenters. The highest BCUT2D eigenvalue weighted by Crippen LogP contribution is 2.25. The van der Waals surface area contributed by atoms with Crippen LogP contribution in [0.25, 0.3) is 11.0 Å². The van der Waals surface area contributed by atoms with Crippen LogP contribution in [-0.2, 0) is 14.3 Å². The fourth-order valence-corrected chi connectivity index (χ4v) is 3.00. The minimum Gasteiger partial charge on any atom is -0.452 e. The van der Waals surface area contributed by atoms with Crippen LogP contribution in [-0.4, -0.2) is 63.7 Å². The van der Waals surface area contributed by atoms with Crippen LogP contribution in [0.15, 0.2) is 12.3 Å². The lowest BCUT2D eigenvalue weighted by Gasteiger charge is -2.17. The molecule has 1 fully saturated rings. The van der Waals surface area contributed by atoms with Gasteiger partial charge in [0.2, 0.25) is 5.91 Å². The summed E-state index contributed by atoms with van der Waals surface area (Å²) in [6, 6.07) is 2.01. The predicted molar refractivity (Wildman–Crippen MR) is 111 cm³/mol. The zero-order chi connectivity index (χ0) is 22.0. The number of amides is 2. The van der Waals surface area contributed by atoms with Gasteiger partial charge in [0.1, 0.15) is 0 Å². The van der Waals surface area contributed by atoms with Gasteiger partial charge in [-0.05, 0) is 38.7 Å². The number of carbonyl (C=O) groups excluding carboxylic acids is 3. The molecule has 3 rings (SSSR count). The number of carbonyl (C=O) groups is 3. The van der Waals surface area contributed by atoms with E-state index in [1.54, 1.807) is 16.9 Å². The smallest absolute Gasteiger partial charge is 0.339 e. The Balaban J connectivity index is 1.71. The van der Waals surface area contributed by atoms with Crippen molar-refractivity contribution >= 4 is 28.8 Å². The molecule has 1 saturated carbocycles. The SMILES string of the molecule is CC(C)c1cc(C(=O)OCC(=O)N(C)CC(=O)NC2CC2)c2cnn(C(C)C)c2n1. The average molecular weight is 415 g/mol. The van der Waals surface area contributed by atoms with Crippen LogP contribution in [0.1, 0.15) is 68.5 Å². The van der Waals surface area contributed by atoms with Crippen LogP contribution in [0.4, 0.5) is 0 Å². The molecule has 2 amide bonds. The molecule has 0 saturated heterocycles. The van der Waals surface area contributed by atoms with E-state index in [1.807, 2.05) is 27.7 Å². The summed E-state index contributed by atoms with van der Waals surface area (Å²) in [5.41, 5.74) is 1.69. The molecular weight excluding hydrogens is 386 g/mol. The van der Waals surface area contributed by atoms with Crippen molar-refractivity contribution in [2.45, 2.75) is 58.5 Å². The summed E-state index contributed by atoms with van der Waals surface area (Å²) in [5, 5.41) is 7.76. The molecule has 0 unspecified atom stereocenters. The lowest BCUT2D eigenvalue weighted by Crippen LogP contribution is -2.40. The van der Waals surface area contributed by atoms with Crippen molar-refractivity contribution in [1.82, 2.24) is 25.0 Å². The Morgan fingerprint density at radius 2 is 1.97 bits per heavy atom. The van der Waals surface area contributed by atoms with Gasteiger partial charge < -0.3 is 15.0 Å². The van der Waals surface area contributed by atoms with E-state index in [0.29, 0.717) is 16.6 Å². The third-order valence-electron chi connectivity index (χ3n) is 4.96. The Morgan fingerprint density at radius 3 is 2.57 bits per heavy atom.